The summed E-state index contributed by atoms with van der Waals surface area (Å²) in [6, 6.07) is 10.1. The van der Waals surface area contributed by atoms with Gasteiger partial charge >= 0.3 is 0 Å². The van der Waals surface area contributed by atoms with Crippen LogP contribution in [0, 0.1) is 12.7 Å². The molecule has 0 aliphatic rings. The summed E-state index contributed by atoms with van der Waals surface area (Å²) in [5, 5.41) is 5.32. The van der Waals surface area contributed by atoms with E-state index in [9.17, 15) is 9.18 Å². The maximum absolute atomic E-state index is 13.0. The van der Waals surface area contributed by atoms with E-state index in [0.717, 1.165) is 16.1 Å². The molecule has 0 fully saturated rings. The molecule has 8 heteroatoms. The Balaban J connectivity index is 1.32. The molecule has 0 unspecified atom stereocenters. The van der Waals surface area contributed by atoms with Crippen LogP contribution in [0.25, 0.3) is 21.9 Å². The highest BCUT2D eigenvalue weighted by atomic mass is 32.1. The minimum absolute atomic E-state index is 0.148. The lowest BCUT2D eigenvalue weighted by Crippen LogP contribution is -2.12. The molecule has 0 atom stereocenters. The zero-order valence-electron chi connectivity index (χ0n) is 14.9. The molecule has 1 aromatic carbocycles. The summed E-state index contributed by atoms with van der Waals surface area (Å²) in [6.45, 7) is 2.05. The normalized spacial score (nSPS) is 10.9. The lowest BCUT2D eigenvalue weighted by Gasteiger charge is -2.00. The fraction of sp³-hybridized carbons (Fsp3) is 0.150. The molecular formula is C20H16FN3O2S2. The maximum atomic E-state index is 13.0. The summed E-state index contributed by atoms with van der Waals surface area (Å²) in [4.78, 5) is 23.2. The standard InChI is InChI=1S/C20H16FN3O2S2/c1-12-2-7-17(28-12)15-11-27-20(23-15)24-18(25)8-9-19-22-10-16(26-19)13-3-5-14(21)6-4-13/h2-7,10-11H,8-9H2,1H3,(H,23,24,25). The van der Waals surface area contributed by atoms with E-state index < -0.39 is 0 Å². The average Bonchev–Trinajstić information content (AvgIpc) is 3.41. The van der Waals surface area contributed by atoms with Crippen molar-refractivity contribution in [2.45, 2.75) is 19.8 Å². The maximum Gasteiger partial charge on any atom is 0.226 e. The zero-order valence-corrected chi connectivity index (χ0v) is 16.6. The number of halogens is 1. The summed E-state index contributed by atoms with van der Waals surface area (Å²) in [6.07, 6.45) is 2.18. The van der Waals surface area contributed by atoms with Crippen molar-refractivity contribution in [2.24, 2.45) is 0 Å². The molecule has 0 saturated heterocycles. The topological polar surface area (TPSA) is 68.0 Å². The van der Waals surface area contributed by atoms with Crippen LogP contribution < -0.4 is 5.32 Å². The van der Waals surface area contributed by atoms with Crippen LogP contribution in [0.3, 0.4) is 0 Å². The van der Waals surface area contributed by atoms with Gasteiger partial charge in [-0.3, -0.25) is 4.79 Å². The predicted molar refractivity (Wildman–Crippen MR) is 109 cm³/mol. The lowest BCUT2D eigenvalue weighted by molar-refractivity contribution is -0.116. The van der Waals surface area contributed by atoms with E-state index in [2.05, 4.69) is 15.3 Å². The first-order chi connectivity index (χ1) is 13.6. The Hall–Kier alpha value is -2.84. The highest BCUT2D eigenvalue weighted by molar-refractivity contribution is 7.17. The SMILES string of the molecule is Cc1ccc(-c2csc(NC(=O)CCc3ncc(-c4ccc(F)cc4)o3)n2)s1. The van der Waals surface area contributed by atoms with Gasteiger partial charge in [0.05, 0.1) is 16.8 Å². The molecule has 1 amide bonds. The van der Waals surface area contributed by atoms with Crippen molar-refractivity contribution in [3.05, 3.63) is 64.6 Å². The Labute approximate surface area is 168 Å². The van der Waals surface area contributed by atoms with Crippen LogP contribution in [-0.4, -0.2) is 15.9 Å². The molecule has 0 aliphatic heterocycles. The lowest BCUT2D eigenvalue weighted by atomic mass is 10.2. The van der Waals surface area contributed by atoms with Crippen LogP contribution in [-0.2, 0) is 11.2 Å². The molecule has 5 nitrogen and oxygen atoms in total. The van der Waals surface area contributed by atoms with Crippen LogP contribution in [0.2, 0.25) is 0 Å². The molecule has 3 heterocycles. The van der Waals surface area contributed by atoms with Crippen molar-refractivity contribution < 1.29 is 13.6 Å². The van der Waals surface area contributed by atoms with Crippen molar-refractivity contribution in [1.82, 2.24) is 9.97 Å². The monoisotopic (exact) mass is 413 g/mol. The number of benzene rings is 1. The molecular weight excluding hydrogens is 397 g/mol. The summed E-state index contributed by atoms with van der Waals surface area (Å²) >= 11 is 3.07. The number of amides is 1. The van der Waals surface area contributed by atoms with Gasteiger partial charge in [-0.25, -0.2) is 14.4 Å². The van der Waals surface area contributed by atoms with Crippen molar-refractivity contribution in [1.29, 1.82) is 0 Å². The van der Waals surface area contributed by atoms with Gasteiger partial charge in [-0.15, -0.1) is 22.7 Å². The first kappa shape index (κ1) is 18.5. The van der Waals surface area contributed by atoms with Crippen LogP contribution in [0.4, 0.5) is 9.52 Å². The molecule has 4 aromatic rings. The number of nitrogens with zero attached hydrogens (tertiary/aromatic N) is 2. The first-order valence-electron chi connectivity index (χ1n) is 8.59. The molecule has 0 radical (unpaired) electrons. The molecule has 0 bridgehead atoms. The zero-order chi connectivity index (χ0) is 19.5. The van der Waals surface area contributed by atoms with Gasteiger partial charge in [0.2, 0.25) is 5.91 Å². The van der Waals surface area contributed by atoms with Gasteiger partial charge in [0.25, 0.3) is 0 Å². The van der Waals surface area contributed by atoms with E-state index in [0.29, 0.717) is 23.2 Å². The van der Waals surface area contributed by atoms with Crippen molar-refractivity contribution in [3.63, 3.8) is 0 Å². The number of hydrogen-bond acceptors (Lipinski definition) is 6. The second-order valence-corrected chi connectivity index (χ2v) is 8.27. The number of anilines is 1. The van der Waals surface area contributed by atoms with E-state index in [4.69, 9.17) is 4.42 Å². The smallest absolute Gasteiger partial charge is 0.226 e. The minimum Gasteiger partial charge on any atom is -0.441 e. The Bertz CT molecular complexity index is 1100. The molecule has 0 aliphatic carbocycles. The Morgan fingerprint density at radius 1 is 1.21 bits per heavy atom. The molecule has 0 saturated carbocycles. The molecule has 0 spiro atoms. The number of hydrogen-bond donors (Lipinski definition) is 1. The van der Waals surface area contributed by atoms with Gasteiger partial charge in [0.1, 0.15) is 5.82 Å². The third kappa shape index (κ3) is 4.35. The quantitative estimate of drug-likeness (QED) is 0.450. The molecule has 4 rings (SSSR count). The number of carbonyl (C=O) groups is 1. The Morgan fingerprint density at radius 3 is 2.79 bits per heavy atom. The third-order valence-electron chi connectivity index (χ3n) is 3.99. The number of rotatable bonds is 6. The molecule has 3 aromatic heterocycles. The van der Waals surface area contributed by atoms with Crippen LogP contribution >= 0.6 is 22.7 Å². The number of aryl methyl sites for hydroxylation is 2. The van der Waals surface area contributed by atoms with E-state index >= 15 is 0 Å². The van der Waals surface area contributed by atoms with Crippen molar-refractivity contribution >= 4 is 33.7 Å². The summed E-state index contributed by atoms with van der Waals surface area (Å²) in [5.41, 5.74) is 1.61. The second-order valence-electron chi connectivity index (χ2n) is 6.12. The number of aromatic nitrogens is 2. The van der Waals surface area contributed by atoms with E-state index in [1.54, 1.807) is 29.7 Å². The van der Waals surface area contributed by atoms with Gasteiger partial charge in [0, 0.05) is 28.7 Å². The van der Waals surface area contributed by atoms with Gasteiger partial charge in [-0.2, -0.15) is 0 Å². The second kappa shape index (κ2) is 8.04. The van der Waals surface area contributed by atoms with Crippen LogP contribution in [0.1, 0.15) is 17.2 Å². The van der Waals surface area contributed by atoms with E-state index in [1.807, 2.05) is 24.4 Å². The number of carbonyl (C=O) groups excluding carboxylic acids is 1. The Kier molecular flexibility index (Phi) is 5.31. The van der Waals surface area contributed by atoms with Gasteiger partial charge in [-0.05, 0) is 43.3 Å². The largest absolute Gasteiger partial charge is 0.441 e. The third-order valence-corrected chi connectivity index (χ3v) is 5.77. The average molecular weight is 413 g/mol. The highest BCUT2D eigenvalue weighted by Crippen LogP contribution is 2.30. The molecule has 1 N–H and O–H groups in total. The molecule has 142 valence electrons. The predicted octanol–water partition coefficient (Wildman–Crippen LogP) is 5.55. The van der Waals surface area contributed by atoms with Gasteiger partial charge in [0.15, 0.2) is 16.8 Å². The molecule has 28 heavy (non-hydrogen) atoms. The number of nitrogens with one attached hydrogen (secondary N) is 1. The van der Waals surface area contributed by atoms with Gasteiger partial charge in [-0.1, -0.05) is 0 Å². The number of oxazole rings is 1. The van der Waals surface area contributed by atoms with E-state index in [1.165, 1.54) is 28.3 Å². The summed E-state index contributed by atoms with van der Waals surface area (Å²) in [5.74, 6) is 0.555. The van der Waals surface area contributed by atoms with Crippen molar-refractivity contribution in [3.8, 4) is 21.9 Å². The number of thiazole rings is 1. The van der Waals surface area contributed by atoms with E-state index in [-0.39, 0.29) is 18.1 Å². The summed E-state index contributed by atoms with van der Waals surface area (Å²) in [7, 11) is 0. The Morgan fingerprint density at radius 2 is 2.04 bits per heavy atom. The fourth-order valence-corrected chi connectivity index (χ4v) is 4.22. The van der Waals surface area contributed by atoms with Crippen LogP contribution in [0.15, 0.2) is 52.4 Å². The summed E-state index contributed by atoms with van der Waals surface area (Å²) < 4.78 is 18.7. The van der Waals surface area contributed by atoms with Crippen molar-refractivity contribution in [2.75, 3.05) is 5.32 Å². The first-order valence-corrected chi connectivity index (χ1v) is 10.3. The minimum atomic E-state index is -0.306. The highest BCUT2D eigenvalue weighted by Gasteiger charge is 2.12. The number of thiophene rings is 1. The fourth-order valence-electron chi connectivity index (χ4n) is 2.59. The van der Waals surface area contributed by atoms with Gasteiger partial charge < -0.3 is 9.73 Å². The van der Waals surface area contributed by atoms with Crippen LogP contribution in [0.5, 0.6) is 0 Å².